The first-order chi connectivity index (χ1) is 9.98. The van der Waals surface area contributed by atoms with Crippen LogP contribution in [0, 0.1) is 0 Å². The molecular weight excluding hydrogens is 283 g/mol. The van der Waals surface area contributed by atoms with Crippen LogP contribution in [-0.4, -0.2) is 22.6 Å². The van der Waals surface area contributed by atoms with Gasteiger partial charge in [-0.1, -0.05) is 6.07 Å². The summed E-state index contributed by atoms with van der Waals surface area (Å²) in [4.78, 5) is 16.5. The third-order valence-corrected chi connectivity index (χ3v) is 3.78. The van der Waals surface area contributed by atoms with E-state index in [0.717, 1.165) is 25.5 Å². The number of fused-ring (bicyclic) bond motifs is 1. The van der Waals surface area contributed by atoms with Crippen LogP contribution in [0.15, 0.2) is 29.3 Å². The molecule has 1 N–H and O–H groups in total. The van der Waals surface area contributed by atoms with Crippen molar-refractivity contribution < 1.29 is 13.2 Å². The standard InChI is InChI=1S/C14H14F3N3O/c15-14(16,17)10-4-1-5-11-12(10)13(21)20(8-19-11)9-3-2-6-18-7-9/h1,4-5,8-9,18H,2-3,6-7H2. The highest BCUT2D eigenvalue weighted by Crippen LogP contribution is 2.32. The zero-order chi connectivity index (χ0) is 15.0. The molecule has 1 saturated heterocycles. The van der Waals surface area contributed by atoms with Crippen LogP contribution in [0.4, 0.5) is 13.2 Å². The third-order valence-electron chi connectivity index (χ3n) is 3.78. The number of benzene rings is 1. The van der Waals surface area contributed by atoms with Crippen LogP contribution in [0.3, 0.4) is 0 Å². The Morgan fingerprint density at radius 1 is 1.33 bits per heavy atom. The zero-order valence-corrected chi connectivity index (χ0v) is 11.2. The van der Waals surface area contributed by atoms with Gasteiger partial charge in [0.2, 0.25) is 0 Å². The second-order valence-electron chi connectivity index (χ2n) is 5.15. The number of nitrogens with one attached hydrogen (secondary N) is 1. The molecule has 0 spiro atoms. The van der Waals surface area contributed by atoms with Gasteiger partial charge in [0.05, 0.1) is 28.8 Å². The molecule has 0 bridgehead atoms. The molecule has 112 valence electrons. The van der Waals surface area contributed by atoms with Crippen molar-refractivity contribution in [3.63, 3.8) is 0 Å². The fourth-order valence-corrected chi connectivity index (χ4v) is 2.75. The Bertz CT molecular complexity index is 717. The van der Waals surface area contributed by atoms with E-state index in [9.17, 15) is 18.0 Å². The highest BCUT2D eigenvalue weighted by atomic mass is 19.4. The van der Waals surface area contributed by atoms with Crippen molar-refractivity contribution in [3.05, 3.63) is 40.4 Å². The van der Waals surface area contributed by atoms with E-state index in [1.807, 2.05) is 0 Å². The monoisotopic (exact) mass is 297 g/mol. The Balaban J connectivity index is 2.21. The normalized spacial score (nSPS) is 19.9. The molecule has 0 amide bonds. The number of aromatic nitrogens is 2. The molecule has 1 aromatic carbocycles. The minimum Gasteiger partial charge on any atom is -0.315 e. The number of alkyl halides is 3. The summed E-state index contributed by atoms with van der Waals surface area (Å²) < 4.78 is 40.6. The van der Waals surface area contributed by atoms with Crippen LogP contribution in [0.5, 0.6) is 0 Å². The van der Waals surface area contributed by atoms with E-state index in [-0.39, 0.29) is 16.9 Å². The summed E-state index contributed by atoms with van der Waals surface area (Å²) in [6.07, 6.45) is -1.57. The van der Waals surface area contributed by atoms with Crippen molar-refractivity contribution >= 4 is 10.9 Å². The lowest BCUT2D eigenvalue weighted by molar-refractivity contribution is -0.136. The summed E-state index contributed by atoms with van der Waals surface area (Å²) in [5, 5.41) is 2.79. The number of hydrogen-bond donors (Lipinski definition) is 1. The maximum Gasteiger partial charge on any atom is 0.417 e. The fraction of sp³-hybridized carbons (Fsp3) is 0.429. The number of nitrogens with zero attached hydrogens (tertiary/aromatic N) is 2. The molecule has 2 aromatic rings. The molecule has 1 unspecified atom stereocenters. The van der Waals surface area contributed by atoms with Crippen LogP contribution in [-0.2, 0) is 6.18 Å². The molecule has 1 aliphatic rings. The van der Waals surface area contributed by atoms with Crippen molar-refractivity contribution in [1.82, 2.24) is 14.9 Å². The van der Waals surface area contributed by atoms with Crippen molar-refractivity contribution in [2.45, 2.75) is 25.1 Å². The summed E-state index contributed by atoms with van der Waals surface area (Å²) in [6.45, 7) is 1.43. The molecule has 0 radical (unpaired) electrons. The van der Waals surface area contributed by atoms with Gasteiger partial charge in [0, 0.05) is 6.54 Å². The Kier molecular flexibility index (Phi) is 3.44. The topological polar surface area (TPSA) is 46.9 Å². The van der Waals surface area contributed by atoms with Crippen molar-refractivity contribution in [2.24, 2.45) is 0 Å². The van der Waals surface area contributed by atoms with Gasteiger partial charge in [0.1, 0.15) is 0 Å². The van der Waals surface area contributed by atoms with Gasteiger partial charge in [-0.3, -0.25) is 9.36 Å². The molecule has 7 heteroatoms. The summed E-state index contributed by atoms with van der Waals surface area (Å²) in [5.41, 5.74) is -1.47. The lowest BCUT2D eigenvalue weighted by Crippen LogP contribution is -2.37. The molecule has 1 aliphatic heterocycles. The summed E-state index contributed by atoms with van der Waals surface area (Å²) >= 11 is 0. The van der Waals surface area contributed by atoms with Gasteiger partial charge in [-0.15, -0.1) is 0 Å². The maximum absolute atomic E-state index is 13.1. The Labute approximate surface area is 118 Å². The summed E-state index contributed by atoms with van der Waals surface area (Å²) in [6, 6.07) is 3.47. The van der Waals surface area contributed by atoms with Crippen LogP contribution < -0.4 is 10.9 Å². The second-order valence-corrected chi connectivity index (χ2v) is 5.15. The minimum absolute atomic E-state index is 0.0786. The fourth-order valence-electron chi connectivity index (χ4n) is 2.75. The number of piperidine rings is 1. The van der Waals surface area contributed by atoms with E-state index >= 15 is 0 Å². The lowest BCUT2D eigenvalue weighted by atomic mass is 10.1. The van der Waals surface area contributed by atoms with Gasteiger partial charge >= 0.3 is 6.18 Å². The van der Waals surface area contributed by atoms with Gasteiger partial charge in [-0.25, -0.2) is 4.98 Å². The average Bonchev–Trinajstić information content (AvgIpc) is 2.47. The van der Waals surface area contributed by atoms with E-state index in [1.54, 1.807) is 0 Å². The van der Waals surface area contributed by atoms with Crippen molar-refractivity contribution in [3.8, 4) is 0 Å². The molecule has 21 heavy (non-hydrogen) atoms. The highest BCUT2D eigenvalue weighted by Gasteiger charge is 2.34. The lowest BCUT2D eigenvalue weighted by Gasteiger charge is -2.25. The summed E-state index contributed by atoms with van der Waals surface area (Å²) in [7, 11) is 0. The molecule has 0 saturated carbocycles. The number of rotatable bonds is 1. The van der Waals surface area contributed by atoms with E-state index in [1.165, 1.54) is 23.0 Å². The first-order valence-corrected chi connectivity index (χ1v) is 6.76. The predicted octanol–water partition coefficient (Wildman–Crippen LogP) is 2.34. The maximum atomic E-state index is 13.1. The minimum atomic E-state index is -4.57. The Hall–Kier alpha value is -1.89. The SMILES string of the molecule is O=c1c2c(C(F)(F)F)cccc2ncn1C1CCCNC1. The predicted molar refractivity (Wildman–Crippen MR) is 72.1 cm³/mol. The Morgan fingerprint density at radius 3 is 2.81 bits per heavy atom. The Morgan fingerprint density at radius 2 is 2.14 bits per heavy atom. The first kappa shape index (κ1) is 14.1. The van der Waals surface area contributed by atoms with Crippen LogP contribution in [0.2, 0.25) is 0 Å². The smallest absolute Gasteiger partial charge is 0.315 e. The van der Waals surface area contributed by atoms with Crippen molar-refractivity contribution in [1.29, 1.82) is 0 Å². The molecule has 4 nitrogen and oxygen atoms in total. The van der Waals surface area contributed by atoms with Gasteiger partial charge in [-0.05, 0) is 31.5 Å². The molecule has 2 heterocycles. The molecule has 3 rings (SSSR count). The highest BCUT2D eigenvalue weighted by molar-refractivity contribution is 5.81. The van der Waals surface area contributed by atoms with E-state index < -0.39 is 17.3 Å². The number of hydrogen-bond acceptors (Lipinski definition) is 3. The van der Waals surface area contributed by atoms with Crippen LogP contribution in [0.25, 0.3) is 10.9 Å². The van der Waals surface area contributed by atoms with Gasteiger partial charge < -0.3 is 5.32 Å². The largest absolute Gasteiger partial charge is 0.417 e. The molecule has 1 aromatic heterocycles. The first-order valence-electron chi connectivity index (χ1n) is 6.76. The average molecular weight is 297 g/mol. The van der Waals surface area contributed by atoms with E-state index in [0.29, 0.717) is 6.54 Å². The van der Waals surface area contributed by atoms with Crippen molar-refractivity contribution in [2.75, 3.05) is 13.1 Å². The third kappa shape index (κ3) is 2.53. The van der Waals surface area contributed by atoms with E-state index in [4.69, 9.17) is 0 Å². The zero-order valence-electron chi connectivity index (χ0n) is 11.2. The molecule has 1 atom stereocenters. The van der Waals surface area contributed by atoms with E-state index in [2.05, 4.69) is 10.3 Å². The molecule has 0 aliphatic carbocycles. The van der Waals surface area contributed by atoms with Gasteiger partial charge in [0.25, 0.3) is 5.56 Å². The molecule has 1 fully saturated rings. The van der Waals surface area contributed by atoms with Crippen LogP contribution >= 0.6 is 0 Å². The van der Waals surface area contributed by atoms with Gasteiger partial charge in [0.15, 0.2) is 0 Å². The molecular formula is C14H14F3N3O. The summed E-state index contributed by atoms with van der Waals surface area (Å²) in [5.74, 6) is 0. The number of halogens is 3. The van der Waals surface area contributed by atoms with Gasteiger partial charge in [-0.2, -0.15) is 13.2 Å². The quantitative estimate of drug-likeness (QED) is 0.879. The second kappa shape index (κ2) is 5.14. The van der Waals surface area contributed by atoms with Crippen LogP contribution in [0.1, 0.15) is 24.4 Å².